The number of aliphatic hydroxyl groups excluding tert-OH is 1. The number of anilines is 2. The first-order valence-electron chi connectivity index (χ1n) is 13.4. The van der Waals surface area contributed by atoms with Crippen molar-refractivity contribution >= 4 is 45.7 Å². The minimum atomic E-state index is -1.51. The predicted molar refractivity (Wildman–Crippen MR) is 157 cm³/mol. The molecule has 0 fully saturated rings. The molecule has 2 atom stereocenters. The lowest BCUT2D eigenvalue weighted by atomic mass is 9.77. The minimum Gasteiger partial charge on any atom is -0.390 e. The molecule has 8 nitrogen and oxygen atoms in total. The van der Waals surface area contributed by atoms with E-state index in [-0.39, 0.29) is 22.7 Å². The summed E-state index contributed by atoms with van der Waals surface area (Å²) >= 11 is 6.89. The van der Waals surface area contributed by atoms with Crippen LogP contribution in [-0.2, 0) is 12.8 Å². The maximum Gasteiger partial charge on any atom is 0.264 e. The van der Waals surface area contributed by atoms with E-state index in [1.165, 1.54) is 23.1 Å². The van der Waals surface area contributed by atoms with Crippen LogP contribution in [0, 0.1) is 18.7 Å². The number of carbonyl (C=O) groups is 2. The van der Waals surface area contributed by atoms with E-state index in [1.807, 2.05) is 13.0 Å². The Balaban J connectivity index is 1.55. The summed E-state index contributed by atoms with van der Waals surface area (Å²) in [6, 6.07) is 11.0. The topological polar surface area (TPSA) is 132 Å². The first-order chi connectivity index (χ1) is 19.4. The Bertz CT molecular complexity index is 1760. The highest BCUT2D eigenvalue weighted by Crippen LogP contribution is 2.46. The maximum absolute atomic E-state index is 14.4. The van der Waals surface area contributed by atoms with Crippen molar-refractivity contribution in [2.75, 3.05) is 10.2 Å². The van der Waals surface area contributed by atoms with E-state index >= 15 is 0 Å². The average Bonchev–Trinajstić information content (AvgIpc) is 3.28. The molecule has 1 aliphatic carbocycles. The quantitative estimate of drug-likeness (QED) is 0.226. The van der Waals surface area contributed by atoms with Crippen molar-refractivity contribution in [3.05, 3.63) is 81.3 Å². The van der Waals surface area contributed by atoms with Crippen molar-refractivity contribution in [2.45, 2.75) is 52.0 Å². The van der Waals surface area contributed by atoms with Crippen molar-refractivity contribution in [1.29, 1.82) is 0 Å². The number of carbonyl (C=O) groups excluding carboxylic acids is 2. The van der Waals surface area contributed by atoms with Gasteiger partial charge in [0.1, 0.15) is 5.82 Å². The number of halogens is 2. The lowest BCUT2D eigenvalue weighted by Crippen LogP contribution is -2.49. The third kappa shape index (κ3) is 4.27. The van der Waals surface area contributed by atoms with E-state index in [9.17, 15) is 24.2 Å². The Morgan fingerprint density at radius 2 is 1.90 bits per heavy atom. The first kappa shape index (κ1) is 27.3. The standard InChI is InChI=1S/C31H30ClFN4O4/c1-14-16(6-5-9-23(14)37-29(39)18-7-4-8-21(33)26(18)36-30(37)40)24-20(32)13-19(28(34)38)27-25(24)17-11-10-15(31(2,3)41)12-22(17)35-27/h4-9,13,15,30,35-36,40-41H,10-12H2,1-3H3,(H2,34,38)/t15-,30?/m0/s1. The number of nitrogens with zero attached hydrogens (tertiary/aromatic N) is 1. The van der Waals surface area contributed by atoms with Gasteiger partial charge in [0.15, 0.2) is 0 Å². The molecular weight excluding hydrogens is 547 g/mol. The number of H-pyrrole nitrogens is 1. The number of hydrogen-bond donors (Lipinski definition) is 5. The molecule has 10 heteroatoms. The monoisotopic (exact) mass is 576 g/mol. The molecule has 6 N–H and O–H groups in total. The van der Waals surface area contributed by atoms with E-state index in [2.05, 4.69) is 10.3 Å². The second-order valence-corrected chi connectivity index (χ2v) is 11.8. The van der Waals surface area contributed by atoms with Gasteiger partial charge in [-0.3, -0.25) is 14.5 Å². The fourth-order valence-electron chi connectivity index (χ4n) is 6.32. The maximum atomic E-state index is 14.4. The molecule has 212 valence electrons. The number of aryl methyl sites for hydroxylation is 1. The summed E-state index contributed by atoms with van der Waals surface area (Å²) in [4.78, 5) is 30.6. The Hall–Kier alpha value is -3.92. The van der Waals surface area contributed by atoms with Crippen LogP contribution in [0.25, 0.3) is 22.0 Å². The highest BCUT2D eigenvalue weighted by Gasteiger charge is 2.36. The number of hydrogen-bond acceptors (Lipinski definition) is 5. The zero-order valence-electron chi connectivity index (χ0n) is 22.8. The molecule has 41 heavy (non-hydrogen) atoms. The largest absolute Gasteiger partial charge is 0.390 e. The number of aliphatic hydroxyl groups is 2. The Morgan fingerprint density at radius 3 is 2.61 bits per heavy atom. The first-order valence-corrected chi connectivity index (χ1v) is 13.8. The van der Waals surface area contributed by atoms with Crippen LogP contribution in [-0.4, -0.2) is 39.0 Å². The van der Waals surface area contributed by atoms with Gasteiger partial charge in [-0.15, -0.1) is 0 Å². The number of fused-ring (bicyclic) bond motifs is 4. The second-order valence-electron chi connectivity index (χ2n) is 11.4. The van der Waals surface area contributed by atoms with Crippen LogP contribution in [0.15, 0.2) is 42.5 Å². The van der Waals surface area contributed by atoms with Gasteiger partial charge in [0.05, 0.1) is 33.6 Å². The lowest BCUT2D eigenvalue weighted by molar-refractivity contribution is 0.0107. The summed E-state index contributed by atoms with van der Waals surface area (Å²) in [5.41, 5.74) is 10.1. The van der Waals surface area contributed by atoms with E-state index in [0.29, 0.717) is 45.8 Å². The Morgan fingerprint density at radius 1 is 1.20 bits per heavy atom. The van der Waals surface area contributed by atoms with Crippen LogP contribution in [0.2, 0.25) is 5.02 Å². The van der Waals surface area contributed by atoms with Crippen LogP contribution in [0.3, 0.4) is 0 Å². The van der Waals surface area contributed by atoms with Crippen LogP contribution >= 0.6 is 11.6 Å². The van der Waals surface area contributed by atoms with Crippen molar-refractivity contribution in [2.24, 2.45) is 11.7 Å². The number of para-hydroxylation sites is 1. The molecule has 2 amide bonds. The summed E-state index contributed by atoms with van der Waals surface area (Å²) in [6.07, 6.45) is 0.491. The number of primary amides is 1. The van der Waals surface area contributed by atoms with Crippen LogP contribution in [0.1, 0.15) is 57.8 Å². The van der Waals surface area contributed by atoms with Crippen molar-refractivity contribution in [1.82, 2.24) is 4.98 Å². The fourth-order valence-corrected chi connectivity index (χ4v) is 6.62. The fraction of sp³-hybridized carbons (Fsp3) is 0.290. The van der Waals surface area contributed by atoms with Crippen LogP contribution in [0.5, 0.6) is 0 Å². The minimum absolute atomic E-state index is 0.0240. The van der Waals surface area contributed by atoms with Gasteiger partial charge < -0.3 is 26.2 Å². The van der Waals surface area contributed by atoms with E-state index < -0.39 is 29.6 Å². The normalized spacial score (nSPS) is 18.7. The van der Waals surface area contributed by atoms with Crippen LogP contribution < -0.4 is 16.0 Å². The summed E-state index contributed by atoms with van der Waals surface area (Å²) in [7, 11) is 0. The molecule has 0 saturated carbocycles. The number of amides is 2. The van der Waals surface area contributed by atoms with Gasteiger partial charge in [0.2, 0.25) is 6.35 Å². The lowest BCUT2D eigenvalue weighted by Gasteiger charge is -2.35. The molecule has 0 spiro atoms. The number of aromatic amines is 1. The van der Waals surface area contributed by atoms with Gasteiger partial charge in [0.25, 0.3) is 11.8 Å². The van der Waals surface area contributed by atoms with E-state index in [4.69, 9.17) is 17.3 Å². The van der Waals surface area contributed by atoms with Gasteiger partial charge in [-0.1, -0.05) is 29.8 Å². The zero-order chi connectivity index (χ0) is 29.4. The molecule has 3 aromatic carbocycles. The third-order valence-electron chi connectivity index (χ3n) is 8.49. The Kier molecular flexibility index (Phi) is 6.37. The molecular formula is C31H30ClFN4O4. The highest BCUT2D eigenvalue weighted by molar-refractivity contribution is 6.36. The zero-order valence-corrected chi connectivity index (χ0v) is 23.6. The van der Waals surface area contributed by atoms with Gasteiger partial charge >= 0.3 is 0 Å². The number of rotatable bonds is 4. The summed E-state index contributed by atoms with van der Waals surface area (Å²) in [5, 5.41) is 25.4. The number of benzene rings is 3. The molecule has 1 unspecified atom stereocenters. The van der Waals surface area contributed by atoms with Crippen molar-refractivity contribution < 1.29 is 24.2 Å². The average molecular weight is 577 g/mol. The smallest absolute Gasteiger partial charge is 0.264 e. The predicted octanol–water partition coefficient (Wildman–Crippen LogP) is 5.26. The van der Waals surface area contributed by atoms with Gasteiger partial charge in [-0.25, -0.2) is 4.39 Å². The van der Waals surface area contributed by atoms with E-state index in [1.54, 1.807) is 32.0 Å². The molecule has 2 aliphatic rings. The van der Waals surface area contributed by atoms with Crippen LogP contribution in [0.4, 0.5) is 15.8 Å². The molecule has 1 aliphatic heterocycles. The number of aromatic nitrogens is 1. The SMILES string of the molecule is Cc1c(-c2c(Cl)cc(C(N)=O)c3[nH]c4c(c23)CC[C@H](C(C)(C)O)C4)cccc1N1C(=O)c2cccc(F)c2NC1O. The molecule has 2 heterocycles. The summed E-state index contributed by atoms with van der Waals surface area (Å²) in [5.74, 6) is -1.78. The molecule has 0 radical (unpaired) electrons. The molecule has 6 rings (SSSR count). The van der Waals surface area contributed by atoms with Gasteiger partial charge in [0, 0.05) is 21.7 Å². The number of nitrogens with one attached hydrogen (secondary N) is 2. The third-order valence-corrected chi connectivity index (χ3v) is 8.79. The van der Waals surface area contributed by atoms with Crippen molar-refractivity contribution in [3.63, 3.8) is 0 Å². The molecule has 1 aromatic heterocycles. The molecule has 0 bridgehead atoms. The van der Waals surface area contributed by atoms with Crippen molar-refractivity contribution in [3.8, 4) is 11.1 Å². The van der Waals surface area contributed by atoms with Gasteiger partial charge in [-0.2, -0.15) is 0 Å². The molecule has 4 aromatic rings. The van der Waals surface area contributed by atoms with E-state index in [0.717, 1.165) is 23.1 Å². The number of nitrogens with two attached hydrogens (primary N) is 1. The summed E-state index contributed by atoms with van der Waals surface area (Å²) in [6.45, 7) is 5.42. The molecule has 0 saturated heterocycles. The highest BCUT2D eigenvalue weighted by atomic mass is 35.5. The summed E-state index contributed by atoms with van der Waals surface area (Å²) < 4.78 is 14.4. The van der Waals surface area contributed by atoms with Gasteiger partial charge in [-0.05, 0) is 86.9 Å². The second kappa shape index (κ2) is 9.58. The Labute approximate surface area is 240 Å².